The van der Waals surface area contributed by atoms with E-state index in [1.807, 2.05) is 35.0 Å². The van der Waals surface area contributed by atoms with Crippen LogP contribution in [0.2, 0.25) is 0 Å². The summed E-state index contributed by atoms with van der Waals surface area (Å²) in [6.07, 6.45) is 4.48. The molecule has 3 aromatic rings. The molecule has 0 bridgehead atoms. The Labute approximate surface area is 195 Å². The largest absolute Gasteiger partial charge is 0.478 e. The first-order chi connectivity index (χ1) is 16.0. The summed E-state index contributed by atoms with van der Waals surface area (Å²) in [5.41, 5.74) is 3.20. The molecule has 3 rings (SSSR count). The van der Waals surface area contributed by atoms with Crippen LogP contribution in [-0.4, -0.2) is 40.1 Å². The van der Waals surface area contributed by atoms with Crippen molar-refractivity contribution in [2.45, 2.75) is 58.3 Å². The molecular formula is C26H33N3O4. The standard InChI is InChI=1S/C26H33N3O4/c1-5-7-11-23-27-25(26(32-3,33-4)16-6-2)28-29(23)18-19-12-14-20(15-13-19)21-9-8-10-22(17-21)24(30)31/h8-10,12-15,17H,5-7,11,16,18H2,1-4H3,(H,30,31). The van der Waals surface area contributed by atoms with Gasteiger partial charge in [-0.3, -0.25) is 0 Å². The van der Waals surface area contributed by atoms with E-state index in [9.17, 15) is 9.90 Å². The number of aromatic nitrogens is 3. The van der Waals surface area contributed by atoms with Crippen molar-refractivity contribution in [3.8, 4) is 11.1 Å². The highest BCUT2D eigenvalue weighted by atomic mass is 16.7. The van der Waals surface area contributed by atoms with E-state index >= 15 is 0 Å². The van der Waals surface area contributed by atoms with Crippen molar-refractivity contribution in [1.82, 2.24) is 14.8 Å². The van der Waals surface area contributed by atoms with Gasteiger partial charge in [0.05, 0.1) is 12.1 Å². The highest BCUT2D eigenvalue weighted by Gasteiger charge is 2.36. The molecule has 0 aliphatic heterocycles. The number of carboxylic acid groups (broad SMARTS) is 1. The van der Waals surface area contributed by atoms with Gasteiger partial charge in [-0.2, -0.15) is 0 Å². The van der Waals surface area contributed by atoms with E-state index in [4.69, 9.17) is 19.6 Å². The number of nitrogens with zero attached hydrogens (tertiary/aromatic N) is 3. The van der Waals surface area contributed by atoms with Crippen molar-refractivity contribution in [3.05, 3.63) is 71.3 Å². The number of unbranched alkanes of at least 4 members (excludes halogenated alkanes) is 1. The van der Waals surface area contributed by atoms with Crippen LogP contribution in [0.5, 0.6) is 0 Å². The molecule has 1 aromatic heterocycles. The molecule has 0 aliphatic rings. The van der Waals surface area contributed by atoms with Crippen molar-refractivity contribution < 1.29 is 19.4 Å². The average molecular weight is 452 g/mol. The van der Waals surface area contributed by atoms with Gasteiger partial charge in [0, 0.05) is 27.1 Å². The molecule has 0 saturated carbocycles. The zero-order valence-corrected chi connectivity index (χ0v) is 19.9. The maximum Gasteiger partial charge on any atom is 0.335 e. The molecule has 0 aliphatic carbocycles. The number of ether oxygens (including phenoxy) is 2. The van der Waals surface area contributed by atoms with Crippen LogP contribution in [0.4, 0.5) is 0 Å². The minimum Gasteiger partial charge on any atom is -0.478 e. The molecule has 0 saturated heterocycles. The predicted molar refractivity (Wildman–Crippen MR) is 127 cm³/mol. The van der Waals surface area contributed by atoms with E-state index in [0.29, 0.717) is 18.8 Å². The zero-order chi connectivity index (χ0) is 23.8. The second-order valence-electron chi connectivity index (χ2n) is 8.11. The predicted octanol–water partition coefficient (Wildman–Crippen LogP) is 5.28. The molecule has 2 aromatic carbocycles. The first-order valence-electron chi connectivity index (χ1n) is 11.4. The highest BCUT2D eigenvalue weighted by molar-refractivity contribution is 5.89. The SMILES string of the molecule is CCCCc1nc(C(CCC)(OC)OC)nn1Cc1ccc(-c2cccc(C(=O)O)c2)cc1. The second kappa shape index (κ2) is 11.2. The van der Waals surface area contributed by atoms with Crippen molar-refractivity contribution in [2.75, 3.05) is 14.2 Å². The molecule has 0 fully saturated rings. The van der Waals surface area contributed by atoms with Crippen LogP contribution in [0.15, 0.2) is 48.5 Å². The molecular weight excluding hydrogens is 418 g/mol. The van der Waals surface area contributed by atoms with Crippen molar-refractivity contribution in [2.24, 2.45) is 0 Å². The number of aryl methyl sites for hydroxylation is 1. The summed E-state index contributed by atoms with van der Waals surface area (Å²) in [5.74, 6) is -0.400. The first-order valence-corrected chi connectivity index (χ1v) is 11.4. The van der Waals surface area contributed by atoms with Gasteiger partial charge in [0.15, 0.2) is 0 Å². The van der Waals surface area contributed by atoms with E-state index in [-0.39, 0.29) is 5.56 Å². The van der Waals surface area contributed by atoms with Crippen LogP contribution in [0.25, 0.3) is 11.1 Å². The lowest BCUT2D eigenvalue weighted by atomic mass is 10.0. The van der Waals surface area contributed by atoms with Gasteiger partial charge in [-0.1, -0.05) is 63.1 Å². The van der Waals surface area contributed by atoms with Crippen LogP contribution in [0, 0.1) is 0 Å². The van der Waals surface area contributed by atoms with Crippen molar-refractivity contribution in [1.29, 1.82) is 0 Å². The number of hydrogen-bond acceptors (Lipinski definition) is 5. The number of carbonyl (C=O) groups is 1. The molecule has 7 heteroatoms. The summed E-state index contributed by atoms with van der Waals surface area (Å²) in [6, 6.07) is 15.1. The third-order valence-corrected chi connectivity index (χ3v) is 5.81. The number of aromatic carboxylic acids is 1. The van der Waals surface area contributed by atoms with Gasteiger partial charge in [-0.25, -0.2) is 14.5 Å². The summed E-state index contributed by atoms with van der Waals surface area (Å²) in [7, 11) is 3.26. The fourth-order valence-corrected chi connectivity index (χ4v) is 3.90. The molecule has 1 heterocycles. The average Bonchev–Trinajstić information content (AvgIpc) is 3.24. The van der Waals surface area contributed by atoms with Crippen LogP contribution >= 0.6 is 0 Å². The summed E-state index contributed by atoms with van der Waals surface area (Å²) in [5, 5.41) is 14.0. The maximum absolute atomic E-state index is 11.3. The van der Waals surface area contributed by atoms with E-state index in [0.717, 1.165) is 48.2 Å². The summed E-state index contributed by atoms with van der Waals surface area (Å²) in [6.45, 7) is 4.82. The van der Waals surface area contributed by atoms with Crippen LogP contribution in [0.1, 0.15) is 67.1 Å². The normalized spacial score (nSPS) is 11.6. The zero-order valence-electron chi connectivity index (χ0n) is 19.9. The van der Waals surface area contributed by atoms with Gasteiger partial charge < -0.3 is 14.6 Å². The Morgan fingerprint density at radius 1 is 1.03 bits per heavy atom. The van der Waals surface area contributed by atoms with E-state index in [1.165, 1.54) is 0 Å². The van der Waals surface area contributed by atoms with Crippen LogP contribution in [0.3, 0.4) is 0 Å². The number of hydrogen-bond donors (Lipinski definition) is 1. The van der Waals surface area contributed by atoms with Crippen LogP contribution < -0.4 is 0 Å². The Balaban J connectivity index is 1.88. The minimum atomic E-state index is -0.944. The van der Waals surface area contributed by atoms with Gasteiger partial charge in [-0.15, -0.1) is 5.10 Å². The molecule has 0 unspecified atom stereocenters. The minimum absolute atomic E-state index is 0.277. The Morgan fingerprint density at radius 2 is 1.76 bits per heavy atom. The second-order valence-corrected chi connectivity index (χ2v) is 8.11. The molecule has 0 atom stereocenters. The lowest BCUT2D eigenvalue weighted by molar-refractivity contribution is -0.225. The Morgan fingerprint density at radius 3 is 2.36 bits per heavy atom. The van der Waals surface area contributed by atoms with Gasteiger partial charge in [-0.05, 0) is 35.2 Å². The van der Waals surface area contributed by atoms with Gasteiger partial charge in [0.2, 0.25) is 11.6 Å². The third-order valence-electron chi connectivity index (χ3n) is 5.81. The summed E-state index contributed by atoms with van der Waals surface area (Å²) < 4.78 is 13.4. The van der Waals surface area contributed by atoms with E-state index in [1.54, 1.807) is 32.4 Å². The molecule has 0 spiro atoms. The first kappa shape index (κ1) is 24.6. The smallest absolute Gasteiger partial charge is 0.335 e. The fraction of sp³-hybridized carbons (Fsp3) is 0.423. The van der Waals surface area contributed by atoms with Crippen LogP contribution in [-0.2, 0) is 28.2 Å². The Hall–Kier alpha value is -3.03. The molecule has 0 radical (unpaired) electrons. The highest BCUT2D eigenvalue weighted by Crippen LogP contribution is 2.29. The van der Waals surface area contributed by atoms with Gasteiger partial charge >= 0.3 is 5.97 Å². The topological polar surface area (TPSA) is 86.5 Å². The van der Waals surface area contributed by atoms with E-state index < -0.39 is 11.8 Å². The summed E-state index contributed by atoms with van der Waals surface area (Å²) in [4.78, 5) is 16.1. The Bertz CT molecular complexity index is 1060. The summed E-state index contributed by atoms with van der Waals surface area (Å²) >= 11 is 0. The molecule has 33 heavy (non-hydrogen) atoms. The molecule has 0 amide bonds. The number of rotatable bonds is 12. The maximum atomic E-state index is 11.3. The molecule has 176 valence electrons. The lowest BCUT2D eigenvalue weighted by Gasteiger charge is -2.27. The van der Waals surface area contributed by atoms with E-state index in [2.05, 4.69) is 13.8 Å². The van der Waals surface area contributed by atoms with Crippen molar-refractivity contribution in [3.63, 3.8) is 0 Å². The van der Waals surface area contributed by atoms with Gasteiger partial charge in [0.25, 0.3) is 0 Å². The van der Waals surface area contributed by atoms with Gasteiger partial charge in [0.1, 0.15) is 5.82 Å². The lowest BCUT2D eigenvalue weighted by Crippen LogP contribution is -2.32. The number of benzene rings is 2. The quantitative estimate of drug-likeness (QED) is 0.377. The number of methoxy groups -OCH3 is 2. The monoisotopic (exact) mass is 451 g/mol. The third kappa shape index (κ3) is 5.67. The number of carboxylic acids is 1. The Kier molecular flexibility index (Phi) is 8.36. The molecule has 7 nitrogen and oxygen atoms in total. The fourth-order valence-electron chi connectivity index (χ4n) is 3.90. The molecule has 1 N–H and O–H groups in total. The van der Waals surface area contributed by atoms with Crippen molar-refractivity contribution >= 4 is 5.97 Å².